The molecular formula is C13H16O4S. The van der Waals surface area contributed by atoms with Gasteiger partial charge in [-0.15, -0.1) is 0 Å². The van der Waals surface area contributed by atoms with Gasteiger partial charge in [0.2, 0.25) is 0 Å². The van der Waals surface area contributed by atoms with E-state index in [2.05, 4.69) is 0 Å². The smallest absolute Gasteiger partial charge is 0.185 e. The van der Waals surface area contributed by atoms with Gasteiger partial charge in [0, 0.05) is 12.8 Å². The minimum atomic E-state index is -3.48. The van der Waals surface area contributed by atoms with Crippen LogP contribution in [0.5, 0.6) is 5.75 Å². The van der Waals surface area contributed by atoms with Crippen molar-refractivity contribution in [2.24, 2.45) is 0 Å². The predicted octanol–water partition coefficient (Wildman–Crippen LogP) is 1.90. The summed E-state index contributed by atoms with van der Waals surface area (Å²) in [6.45, 7) is 1.83. The van der Waals surface area contributed by atoms with E-state index in [0.29, 0.717) is 18.6 Å². The van der Waals surface area contributed by atoms with Crippen LogP contribution in [-0.2, 0) is 14.6 Å². The maximum Gasteiger partial charge on any atom is 0.185 e. The van der Waals surface area contributed by atoms with E-state index in [1.54, 1.807) is 18.2 Å². The molecule has 1 atom stereocenters. The standard InChI is InChI=1S/C13H16O4S/c1-9-3-6-12(17-2)13(7-9)18(15,16)11-5-4-10(14)8-11/h3,6-7,11H,4-5,8H2,1-2H3. The summed E-state index contributed by atoms with van der Waals surface area (Å²) in [6, 6.07) is 5.06. The molecule has 0 amide bonds. The van der Waals surface area contributed by atoms with Gasteiger partial charge < -0.3 is 4.74 Å². The highest BCUT2D eigenvalue weighted by molar-refractivity contribution is 7.92. The van der Waals surface area contributed by atoms with Crippen LogP contribution in [0.1, 0.15) is 24.8 Å². The number of rotatable bonds is 3. The molecule has 0 bridgehead atoms. The van der Waals surface area contributed by atoms with Crippen molar-refractivity contribution in [1.82, 2.24) is 0 Å². The van der Waals surface area contributed by atoms with Gasteiger partial charge in [-0.1, -0.05) is 6.07 Å². The highest BCUT2D eigenvalue weighted by Crippen LogP contribution is 2.33. The molecule has 1 aromatic carbocycles. The van der Waals surface area contributed by atoms with Gasteiger partial charge in [0.05, 0.1) is 12.4 Å². The molecule has 0 radical (unpaired) electrons. The first kappa shape index (κ1) is 13.1. The maximum absolute atomic E-state index is 12.5. The van der Waals surface area contributed by atoms with Crippen LogP contribution in [0.15, 0.2) is 23.1 Å². The molecule has 0 aliphatic heterocycles. The minimum Gasteiger partial charge on any atom is -0.495 e. The molecule has 0 heterocycles. The van der Waals surface area contributed by atoms with Crippen LogP contribution in [-0.4, -0.2) is 26.6 Å². The number of ketones is 1. The summed E-state index contributed by atoms with van der Waals surface area (Å²) in [4.78, 5) is 11.5. The Balaban J connectivity index is 2.47. The molecule has 18 heavy (non-hydrogen) atoms. The topological polar surface area (TPSA) is 60.4 Å². The van der Waals surface area contributed by atoms with Gasteiger partial charge in [0.25, 0.3) is 0 Å². The molecule has 1 aromatic rings. The fourth-order valence-corrected chi connectivity index (χ4v) is 4.21. The Morgan fingerprint density at radius 2 is 2.06 bits per heavy atom. The molecule has 1 aliphatic carbocycles. The highest BCUT2D eigenvalue weighted by atomic mass is 32.2. The van der Waals surface area contributed by atoms with Crippen LogP contribution in [0.3, 0.4) is 0 Å². The number of benzene rings is 1. The fraction of sp³-hybridized carbons (Fsp3) is 0.462. The summed E-state index contributed by atoms with van der Waals surface area (Å²) in [6.07, 6.45) is 0.899. The van der Waals surface area contributed by atoms with Crippen LogP contribution in [0.2, 0.25) is 0 Å². The molecule has 0 N–H and O–H groups in total. The second-order valence-corrected chi connectivity index (χ2v) is 6.80. The van der Waals surface area contributed by atoms with E-state index < -0.39 is 15.1 Å². The van der Waals surface area contributed by atoms with E-state index in [4.69, 9.17) is 4.74 Å². The lowest BCUT2D eigenvalue weighted by atomic mass is 10.2. The number of Topliss-reactive ketones (excluding diaryl/α,β-unsaturated/α-hetero) is 1. The molecule has 0 aromatic heterocycles. The van der Waals surface area contributed by atoms with Crippen molar-refractivity contribution in [2.75, 3.05) is 7.11 Å². The lowest BCUT2D eigenvalue weighted by molar-refractivity contribution is -0.117. The second kappa shape index (κ2) is 4.72. The lowest BCUT2D eigenvalue weighted by Gasteiger charge is -2.14. The van der Waals surface area contributed by atoms with Crippen LogP contribution in [0, 0.1) is 6.92 Å². The number of aryl methyl sites for hydroxylation is 1. The summed E-state index contributed by atoms with van der Waals surface area (Å²) < 4.78 is 30.1. The number of sulfone groups is 1. The molecule has 2 rings (SSSR count). The van der Waals surface area contributed by atoms with Crippen molar-refractivity contribution >= 4 is 15.6 Å². The third-order valence-corrected chi connectivity index (χ3v) is 5.48. The first-order chi connectivity index (χ1) is 8.45. The molecule has 1 saturated carbocycles. The second-order valence-electron chi connectivity index (χ2n) is 4.60. The van der Waals surface area contributed by atoms with Gasteiger partial charge >= 0.3 is 0 Å². The van der Waals surface area contributed by atoms with Crippen molar-refractivity contribution in [3.63, 3.8) is 0 Å². The first-order valence-electron chi connectivity index (χ1n) is 5.85. The van der Waals surface area contributed by atoms with Crippen LogP contribution >= 0.6 is 0 Å². The van der Waals surface area contributed by atoms with Gasteiger partial charge in [-0.3, -0.25) is 4.79 Å². The Labute approximate surface area is 107 Å². The normalized spacial score (nSPS) is 20.1. The van der Waals surface area contributed by atoms with Crippen LogP contribution < -0.4 is 4.74 Å². The van der Waals surface area contributed by atoms with Crippen molar-refractivity contribution in [2.45, 2.75) is 36.3 Å². The Hall–Kier alpha value is -1.36. The minimum absolute atomic E-state index is 0.0233. The van der Waals surface area contributed by atoms with Gasteiger partial charge in [-0.2, -0.15) is 0 Å². The first-order valence-corrected chi connectivity index (χ1v) is 7.40. The summed E-state index contributed by atoms with van der Waals surface area (Å²) in [7, 11) is -2.03. The summed E-state index contributed by atoms with van der Waals surface area (Å²) in [5.74, 6) is 0.371. The average molecular weight is 268 g/mol. The average Bonchev–Trinajstić information content (AvgIpc) is 2.76. The number of methoxy groups -OCH3 is 1. The van der Waals surface area contributed by atoms with E-state index in [1.165, 1.54) is 7.11 Å². The molecule has 1 aliphatic rings. The number of hydrogen-bond acceptors (Lipinski definition) is 4. The third kappa shape index (κ3) is 2.27. The SMILES string of the molecule is COc1ccc(C)cc1S(=O)(=O)C1CCC(=O)C1. The van der Waals surface area contributed by atoms with Gasteiger partial charge in [0.15, 0.2) is 9.84 Å². The molecule has 0 saturated heterocycles. The van der Waals surface area contributed by atoms with Gasteiger partial charge in [-0.05, 0) is 31.0 Å². The van der Waals surface area contributed by atoms with E-state index in [-0.39, 0.29) is 17.1 Å². The molecule has 5 heteroatoms. The number of carbonyl (C=O) groups is 1. The molecule has 1 unspecified atom stereocenters. The molecular weight excluding hydrogens is 252 g/mol. The number of hydrogen-bond donors (Lipinski definition) is 0. The van der Waals surface area contributed by atoms with Crippen molar-refractivity contribution in [3.8, 4) is 5.75 Å². The molecule has 1 fully saturated rings. The molecule has 0 spiro atoms. The fourth-order valence-electron chi connectivity index (χ4n) is 2.23. The van der Waals surface area contributed by atoms with E-state index in [1.807, 2.05) is 6.92 Å². The van der Waals surface area contributed by atoms with Crippen LogP contribution in [0.25, 0.3) is 0 Å². The molecule has 4 nitrogen and oxygen atoms in total. The van der Waals surface area contributed by atoms with E-state index in [9.17, 15) is 13.2 Å². The maximum atomic E-state index is 12.5. The summed E-state index contributed by atoms with van der Waals surface area (Å²) in [5.41, 5.74) is 0.860. The highest BCUT2D eigenvalue weighted by Gasteiger charge is 2.36. The quantitative estimate of drug-likeness (QED) is 0.840. The Morgan fingerprint density at radius 1 is 1.33 bits per heavy atom. The summed E-state index contributed by atoms with van der Waals surface area (Å²) >= 11 is 0. The van der Waals surface area contributed by atoms with Gasteiger partial charge in [0.1, 0.15) is 16.4 Å². The van der Waals surface area contributed by atoms with Crippen LogP contribution in [0.4, 0.5) is 0 Å². The van der Waals surface area contributed by atoms with E-state index >= 15 is 0 Å². The van der Waals surface area contributed by atoms with Crippen molar-refractivity contribution in [1.29, 1.82) is 0 Å². The van der Waals surface area contributed by atoms with Crippen molar-refractivity contribution < 1.29 is 17.9 Å². The zero-order valence-electron chi connectivity index (χ0n) is 10.5. The summed E-state index contributed by atoms with van der Waals surface area (Å²) in [5, 5.41) is -0.597. The largest absolute Gasteiger partial charge is 0.495 e. The van der Waals surface area contributed by atoms with E-state index in [0.717, 1.165) is 5.56 Å². The van der Waals surface area contributed by atoms with Crippen molar-refractivity contribution in [3.05, 3.63) is 23.8 Å². The lowest BCUT2D eigenvalue weighted by Crippen LogP contribution is -2.19. The van der Waals surface area contributed by atoms with Gasteiger partial charge in [-0.25, -0.2) is 8.42 Å². The predicted molar refractivity (Wildman–Crippen MR) is 67.6 cm³/mol. The Kier molecular flexibility index (Phi) is 3.43. The zero-order chi connectivity index (χ0) is 13.3. The Morgan fingerprint density at radius 3 is 2.61 bits per heavy atom. The number of carbonyl (C=O) groups excluding carboxylic acids is 1. The Bertz CT molecular complexity index is 575. The zero-order valence-corrected chi connectivity index (χ0v) is 11.3. The number of ether oxygens (including phenoxy) is 1. The molecule has 98 valence electrons. The monoisotopic (exact) mass is 268 g/mol. The third-order valence-electron chi connectivity index (χ3n) is 3.26.